The van der Waals surface area contributed by atoms with E-state index in [1.807, 2.05) is 28.9 Å². The van der Waals surface area contributed by atoms with Gasteiger partial charge in [-0.2, -0.15) is 0 Å². The number of anilines is 1. The highest BCUT2D eigenvalue weighted by Gasteiger charge is 2.24. The van der Waals surface area contributed by atoms with Gasteiger partial charge in [-0.05, 0) is 37.7 Å². The third kappa shape index (κ3) is 4.44. The first-order valence-electron chi connectivity index (χ1n) is 9.41. The minimum absolute atomic E-state index is 0.136. The zero-order valence-corrected chi connectivity index (χ0v) is 18.8. The van der Waals surface area contributed by atoms with Gasteiger partial charge in [0, 0.05) is 22.4 Å². The van der Waals surface area contributed by atoms with Gasteiger partial charge in [0.05, 0.1) is 5.75 Å². The van der Waals surface area contributed by atoms with Crippen LogP contribution in [0.25, 0.3) is 11.4 Å². The summed E-state index contributed by atoms with van der Waals surface area (Å²) in [7, 11) is 0. The first-order chi connectivity index (χ1) is 14.0. The number of hydrogen-bond acceptors (Lipinski definition) is 8. The molecule has 1 N–H and O–H groups in total. The number of amides is 1. The molecular formula is C19H22N6OS3. The van der Waals surface area contributed by atoms with Crippen molar-refractivity contribution in [3.8, 4) is 11.4 Å². The molecule has 3 aromatic rings. The molecule has 1 amide bonds. The standard InChI is InChI=1S/C19H22N6OS3/c1-4-7-25-17(14-9-27-15-8-11(2)5-6-13(14)15)22-24-19(25)28-10-16(26)20-18-23-21-12(3)29-18/h4,9,11H,1,5-8,10H2,2-3H3,(H,20,23,26). The Morgan fingerprint density at radius 2 is 2.28 bits per heavy atom. The van der Waals surface area contributed by atoms with Gasteiger partial charge >= 0.3 is 0 Å². The topological polar surface area (TPSA) is 85.6 Å². The van der Waals surface area contributed by atoms with Gasteiger partial charge in [0.25, 0.3) is 0 Å². The summed E-state index contributed by atoms with van der Waals surface area (Å²) in [4.78, 5) is 13.7. The summed E-state index contributed by atoms with van der Waals surface area (Å²) in [5.74, 6) is 1.69. The average molecular weight is 447 g/mol. The van der Waals surface area contributed by atoms with Crippen LogP contribution in [-0.2, 0) is 24.2 Å². The molecule has 1 atom stereocenters. The fraction of sp³-hybridized carbons (Fsp3) is 0.421. The predicted octanol–water partition coefficient (Wildman–Crippen LogP) is 4.21. The van der Waals surface area contributed by atoms with Crippen LogP contribution < -0.4 is 5.32 Å². The molecule has 0 saturated carbocycles. The third-order valence-electron chi connectivity index (χ3n) is 4.78. The number of carbonyl (C=O) groups is 1. The van der Waals surface area contributed by atoms with Gasteiger partial charge < -0.3 is 0 Å². The second-order valence-electron chi connectivity index (χ2n) is 7.07. The van der Waals surface area contributed by atoms with Crippen LogP contribution in [0.4, 0.5) is 5.13 Å². The highest BCUT2D eigenvalue weighted by Crippen LogP contribution is 2.38. The van der Waals surface area contributed by atoms with Crippen LogP contribution in [0, 0.1) is 12.8 Å². The molecule has 3 aromatic heterocycles. The van der Waals surface area contributed by atoms with Crippen molar-refractivity contribution in [2.45, 2.75) is 44.8 Å². The van der Waals surface area contributed by atoms with Crippen molar-refractivity contribution < 1.29 is 4.79 Å². The van der Waals surface area contributed by atoms with Gasteiger partial charge in [-0.25, -0.2) is 0 Å². The molecule has 4 rings (SSSR count). The van der Waals surface area contributed by atoms with Gasteiger partial charge in [-0.1, -0.05) is 36.1 Å². The van der Waals surface area contributed by atoms with Crippen LogP contribution in [-0.4, -0.2) is 36.6 Å². The summed E-state index contributed by atoms with van der Waals surface area (Å²) in [6, 6.07) is 0. The second kappa shape index (κ2) is 8.76. The molecule has 29 heavy (non-hydrogen) atoms. The molecule has 7 nitrogen and oxygen atoms in total. The Morgan fingerprint density at radius 1 is 1.41 bits per heavy atom. The molecular weight excluding hydrogens is 424 g/mol. The second-order valence-corrected chi connectivity index (χ2v) is 10.2. The molecule has 0 aromatic carbocycles. The lowest BCUT2D eigenvalue weighted by atomic mass is 9.88. The van der Waals surface area contributed by atoms with Gasteiger partial charge in [0.15, 0.2) is 11.0 Å². The summed E-state index contributed by atoms with van der Waals surface area (Å²) < 4.78 is 2.04. The Balaban J connectivity index is 1.51. The first kappa shape index (κ1) is 20.2. The minimum atomic E-state index is -0.136. The maximum Gasteiger partial charge on any atom is 0.236 e. The largest absolute Gasteiger partial charge is 0.300 e. The summed E-state index contributed by atoms with van der Waals surface area (Å²) in [5, 5.41) is 23.7. The molecule has 0 saturated heterocycles. The number of aromatic nitrogens is 5. The van der Waals surface area contributed by atoms with Crippen molar-refractivity contribution in [2.75, 3.05) is 11.1 Å². The lowest BCUT2D eigenvalue weighted by Crippen LogP contribution is -2.14. The van der Waals surface area contributed by atoms with Crippen LogP contribution in [0.15, 0.2) is 23.2 Å². The number of aryl methyl sites for hydroxylation is 1. The Hall–Kier alpha value is -2.04. The fourth-order valence-corrected chi connectivity index (χ4v) is 5.98. The van der Waals surface area contributed by atoms with Crippen LogP contribution in [0.2, 0.25) is 0 Å². The Labute approximate surface area is 181 Å². The van der Waals surface area contributed by atoms with Crippen molar-refractivity contribution >= 4 is 45.5 Å². The molecule has 1 aliphatic rings. The monoisotopic (exact) mass is 446 g/mol. The van der Waals surface area contributed by atoms with Crippen molar-refractivity contribution in [2.24, 2.45) is 5.92 Å². The summed E-state index contributed by atoms with van der Waals surface area (Å²) in [6.45, 7) is 8.64. The Bertz CT molecular complexity index is 1040. The number of nitrogens with one attached hydrogen (secondary N) is 1. The predicted molar refractivity (Wildman–Crippen MR) is 119 cm³/mol. The van der Waals surface area contributed by atoms with E-state index >= 15 is 0 Å². The van der Waals surface area contributed by atoms with Gasteiger partial charge in [-0.3, -0.25) is 14.7 Å². The number of hydrogen-bond donors (Lipinski definition) is 1. The molecule has 1 aliphatic carbocycles. The molecule has 1 unspecified atom stereocenters. The zero-order chi connectivity index (χ0) is 20.4. The minimum Gasteiger partial charge on any atom is -0.300 e. The van der Waals surface area contributed by atoms with Crippen molar-refractivity contribution in [1.29, 1.82) is 0 Å². The SMILES string of the molecule is C=CCn1c(SCC(=O)Nc2nnc(C)s2)nnc1-c1csc2c1CCC(C)C2. The van der Waals surface area contributed by atoms with E-state index in [1.165, 1.54) is 45.5 Å². The van der Waals surface area contributed by atoms with E-state index in [0.717, 1.165) is 29.6 Å². The van der Waals surface area contributed by atoms with Crippen LogP contribution in [0.1, 0.15) is 28.8 Å². The van der Waals surface area contributed by atoms with E-state index in [9.17, 15) is 4.79 Å². The van der Waals surface area contributed by atoms with E-state index in [1.54, 1.807) is 0 Å². The molecule has 3 heterocycles. The molecule has 0 radical (unpaired) electrons. The normalized spacial score (nSPS) is 15.9. The van der Waals surface area contributed by atoms with Crippen molar-refractivity contribution in [1.82, 2.24) is 25.0 Å². The van der Waals surface area contributed by atoms with Gasteiger partial charge in [0.2, 0.25) is 11.0 Å². The maximum absolute atomic E-state index is 12.3. The van der Waals surface area contributed by atoms with E-state index in [2.05, 4.69) is 44.6 Å². The number of fused-ring (bicyclic) bond motifs is 1. The van der Waals surface area contributed by atoms with Crippen molar-refractivity contribution in [3.05, 3.63) is 33.5 Å². The highest BCUT2D eigenvalue weighted by molar-refractivity contribution is 7.99. The fourth-order valence-electron chi connectivity index (χ4n) is 3.39. The van der Waals surface area contributed by atoms with Gasteiger partial charge in [-0.15, -0.1) is 38.3 Å². The van der Waals surface area contributed by atoms with Crippen LogP contribution in [0.5, 0.6) is 0 Å². The number of thiophene rings is 1. The third-order valence-corrected chi connectivity index (χ3v) is 7.55. The first-order valence-corrected chi connectivity index (χ1v) is 12.1. The van der Waals surface area contributed by atoms with E-state index < -0.39 is 0 Å². The zero-order valence-electron chi connectivity index (χ0n) is 16.3. The molecule has 0 bridgehead atoms. The summed E-state index contributed by atoms with van der Waals surface area (Å²) in [5.41, 5.74) is 2.58. The smallest absolute Gasteiger partial charge is 0.236 e. The molecule has 152 valence electrons. The lowest BCUT2D eigenvalue weighted by molar-refractivity contribution is -0.113. The Morgan fingerprint density at radius 3 is 3.03 bits per heavy atom. The van der Waals surface area contributed by atoms with Gasteiger partial charge in [0.1, 0.15) is 5.01 Å². The number of thioether (sulfide) groups is 1. The molecule has 0 spiro atoms. The van der Waals surface area contributed by atoms with E-state index in [0.29, 0.717) is 16.8 Å². The Kier molecular flexibility index (Phi) is 6.12. The molecule has 0 aliphatic heterocycles. The quantitative estimate of drug-likeness (QED) is 0.432. The number of allylic oxidation sites excluding steroid dienone is 1. The number of rotatable bonds is 7. The molecule has 0 fully saturated rings. The summed E-state index contributed by atoms with van der Waals surface area (Å²) >= 11 is 4.54. The highest BCUT2D eigenvalue weighted by atomic mass is 32.2. The summed E-state index contributed by atoms with van der Waals surface area (Å²) in [6.07, 6.45) is 5.27. The number of nitrogens with zero attached hydrogens (tertiary/aromatic N) is 5. The molecule has 10 heteroatoms. The van der Waals surface area contributed by atoms with Crippen molar-refractivity contribution in [3.63, 3.8) is 0 Å². The van der Waals surface area contributed by atoms with Crippen LogP contribution in [0.3, 0.4) is 0 Å². The lowest BCUT2D eigenvalue weighted by Gasteiger charge is -2.19. The van der Waals surface area contributed by atoms with Crippen LogP contribution >= 0.6 is 34.4 Å². The van der Waals surface area contributed by atoms with E-state index in [-0.39, 0.29) is 11.7 Å². The average Bonchev–Trinajstić information content (AvgIpc) is 3.39. The maximum atomic E-state index is 12.3. The van der Waals surface area contributed by atoms with E-state index in [4.69, 9.17) is 0 Å². The number of carbonyl (C=O) groups excluding carboxylic acids is 1.